The molecule has 0 saturated carbocycles. The minimum absolute atomic E-state index is 0.00724. The quantitative estimate of drug-likeness (QED) is 0.176. The Hall–Kier alpha value is 12.4. The minimum Gasteiger partial charge on any atom is -0.0716 e. The van der Waals surface area contributed by atoms with Gasteiger partial charge in [0.05, 0.1) is 0 Å². The summed E-state index contributed by atoms with van der Waals surface area (Å²) in [7, 11) is 0. The van der Waals surface area contributed by atoms with Crippen LogP contribution in [0.3, 0.4) is 0 Å². The minimum atomic E-state index is -0.0276. The molecular weight excluding hydrogens is 2250 g/mol. The molecule has 0 aliphatic heterocycles. The second-order valence-corrected chi connectivity index (χ2v) is 53.9. The highest BCUT2D eigenvalue weighted by molar-refractivity contribution is 14.3. The molecule has 0 N–H and O–H groups in total. The summed E-state index contributed by atoms with van der Waals surface area (Å²) in [5.74, 6) is 0. The van der Waals surface area contributed by atoms with Crippen molar-refractivity contribution < 1.29 is 0 Å². The van der Waals surface area contributed by atoms with Crippen LogP contribution in [0, 0.1) is 3.92 Å². The molecule has 0 aromatic rings. The van der Waals surface area contributed by atoms with Crippen LogP contribution in [0.2, 0.25) is 0 Å². The fourth-order valence-electron chi connectivity index (χ4n) is 1.09. The van der Waals surface area contributed by atoms with E-state index in [-0.39, 0.29) is 6.01 Å². The Morgan fingerprint density at radius 3 is 0.920 bits per heavy atom. The van der Waals surface area contributed by atoms with Crippen LogP contribution in [0.25, 0.3) is 0 Å². The Morgan fingerprint density at radius 2 is 0.680 bits per heavy atom. The number of hydrogen-bond donors (Lipinski definition) is 0. The molecule has 0 unspecified atom stereocenters. The number of halogens is 17. The predicted molar refractivity (Wildman–Crippen MR) is 261 cm³/mol. The van der Waals surface area contributed by atoms with Gasteiger partial charge in [0.25, 0.3) is 0 Å². The molecule has 1 radical (unpaired) electrons. The lowest BCUT2D eigenvalue weighted by molar-refractivity contribution is 0.732. The van der Waals surface area contributed by atoms with Crippen molar-refractivity contribution in [1.29, 1.82) is 0 Å². The molecule has 0 aromatic heterocycles. The number of hydrogen-bond acceptors (Lipinski definition) is 0. The van der Waals surface area contributed by atoms with E-state index < -0.39 is 0 Å². The lowest BCUT2D eigenvalue weighted by atomic mass is 10.1. The van der Waals surface area contributed by atoms with E-state index in [1.807, 2.05) is 0 Å². The summed E-state index contributed by atoms with van der Waals surface area (Å²) in [6.45, 7) is 0. The van der Waals surface area contributed by atoms with Crippen molar-refractivity contribution in [2.75, 3.05) is 0 Å². The maximum absolute atomic E-state index is 2.72. The monoisotopic (exact) mass is 2250 g/mol. The van der Waals surface area contributed by atoms with E-state index in [9.17, 15) is 0 Å². The van der Waals surface area contributed by atoms with Crippen molar-refractivity contribution in [3.63, 3.8) is 0 Å². The third-order valence-corrected chi connectivity index (χ3v) is 51.6. The van der Waals surface area contributed by atoms with Crippen LogP contribution in [-0.4, -0.2) is 6.01 Å². The van der Waals surface area contributed by atoms with E-state index in [2.05, 4.69) is 384 Å². The fourth-order valence-corrected chi connectivity index (χ4v) is 24.3. The summed E-state index contributed by atoms with van der Waals surface area (Å²) in [4.78, 5) is 0. The molecule has 151 valence electrons. The molecular formula is C8I17. The molecule has 0 spiro atoms. The van der Waals surface area contributed by atoms with Crippen molar-refractivity contribution in [2.45, 2.75) is 6.01 Å². The summed E-state index contributed by atoms with van der Waals surface area (Å²) in [5, 5.41) is 0. The molecule has 0 rings (SSSR count). The van der Waals surface area contributed by atoms with Gasteiger partial charge in [-0.15, -0.1) is 0 Å². The fraction of sp³-hybridized carbons (Fsp3) is 0.875. The van der Waals surface area contributed by atoms with Crippen molar-refractivity contribution in [3.05, 3.63) is 3.92 Å². The van der Waals surface area contributed by atoms with Crippen LogP contribution < -0.4 is 0 Å². The smallest absolute Gasteiger partial charge is 0.0716 e. The van der Waals surface area contributed by atoms with E-state index in [4.69, 9.17) is 0 Å². The average Bonchev–Trinajstić information content (AvgIpc) is 2.34. The van der Waals surface area contributed by atoms with Crippen molar-refractivity contribution in [1.82, 2.24) is 0 Å². The highest BCUT2D eigenvalue weighted by Crippen LogP contribution is 2.78. The Morgan fingerprint density at radius 1 is 0.400 bits per heavy atom. The molecule has 17 heteroatoms. The molecule has 0 amide bonds. The molecule has 0 nitrogen and oxygen atoms in total. The lowest BCUT2D eigenvalue weighted by Crippen LogP contribution is -2.63. The Bertz CT molecular complexity index is 478. The van der Waals surface area contributed by atoms with Crippen molar-refractivity contribution in [3.8, 4) is 0 Å². The lowest BCUT2D eigenvalue weighted by Gasteiger charge is -2.55. The standard InChI is InChI=1S/C8I17/c9-1(3(12,13)14)2(10,11)4(15,16)5(17,18)6(19,20)7(21,22)8(23,24)25. The molecule has 0 heterocycles. The normalized spacial score (nSPS) is 16.6. The molecule has 25 heavy (non-hydrogen) atoms. The second-order valence-electron chi connectivity index (χ2n) is 4.18. The van der Waals surface area contributed by atoms with Gasteiger partial charge >= 0.3 is 0 Å². The first-order chi connectivity index (χ1) is 10.4. The van der Waals surface area contributed by atoms with Crippen LogP contribution in [0.1, 0.15) is 0 Å². The Kier molecular flexibility index (Phi) is 20.7. The summed E-state index contributed by atoms with van der Waals surface area (Å²) in [6.07, 6.45) is 0. The number of rotatable bonds is 7. The van der Waals surface area contributed by atoms with E-state index in [1.54, 1.807) is 0 Å². The first-order valence-electron chi connectivity index (χ1n) is 4.96. The van der Waals surface area contributed by atoms with E-state index in [1.165, 1.54) is 3.92 Å². The predicted octanol–water partition coefficient (Wildman–Crippen LogP) is 13.7. The Balaban J connectivity index is 6.40. The summed E-state index contributed by atoms with van der Waals surface area (Å²) in [5.41, 5.74) is 0. The second kappa shape index (κ2) is 13.9. The van der Waals surface area contributed by atoms with Gasteiger partial charge in [0, 0.05) is 0 Å². The SMILES string of the molecule is I[C](C(I)(I)I)C(I)(I)C(I)(I)C(I)(I)C(I)(I)C(I)(I)C(I)(I)I. The Labute approximate surface area is 381 Å². The van der Waals surface area contributed by atoms with Crippen LogP contribution >= 0.6 is 384 Å². The maximum atomic E-state index is 2.72. The van der Waals surface area contributed by atoms with Gasteiger partial charge in [-0.05, 0) is 0 Å². The molecule has 0 bridgehead atoms. The maximum Gasteiger partial charge on any atom is 0.149 e. The third-order valence-electron chi connectivity index (χ3n) is 2.46. The molecule has 0 atom stereocenters. The van der Waals surface area contributed by atoms with E-state index in [0.717, 1.165) is 0 Å². The van der Waals surface area contributed by atoms with Gasteiger partial charge in [-0.3, -0.25) is 0 Å². The molecule has 0 saturated heterocycles. The topological polar surface area (TPSA) is 0 Å². The average molecular weight is 2250 g/mol. The van der Waals surface area contributed by atoms with Gasteiger partial charge < -0.3 is 0 Å². The molecule has 0 aromatic carbocycles. The number of alkyl halides is 16. The first-order valence-corrected chi connectivity index (χ1v) is 23.3. The van der Waals surface area contributed by atoms with Gasteiger partial charge in [0.1, 0.15) is 9.94 Å². The van der Waals surface area contributed by atoms with Gasteiger partial charge in [-0.2, -0.15) is 0 Å². The zero-order valence-corrected chi connectivity index (χ0v) is 47.1. The van der Waals surface area contributed by atoms with Crippen LogP contribution in [-0.2, 0) is 0 Å². The van der Waals surface area contributed by atoms with Crippen LogP contribution in [0.4, 0.5) is 0 Å². The highest BCUT2D eigenvalue weighted by atomic mass is 127. The third kappa shape index (κ3) is 8.95. The first kappa shape index (κ1) is 37.4. The van der Waals surface area contributed by atoms with Gasteiger partial charge in [0.15, 0.2) is 0 Å². The van der Waals surface area contributed by atoms with E-state index in [0.29, 0.717) is 0 Å². The van der Waals surface area contributed by atoms with Gasteiger partial charge in [0.2, 0.25) is 0 Å². The molecule has 0 fully saturated rings. The largest absolute Gasteiger partial charge is 0.149 e. The van der Waals surface area contributed by atoms with Crippen LogP contribution in [0.15, 0.2) is 0 Å². The van der Waals surface area contributed by atoms with E-state index >= 15 is 0 Å². The molecule has 0 aliphatic rings. The highest BCUT2D eigenvalue weighted by Gasteiger charge is 2.74. The van der Waals surface area contributed by atoms with Crippen LogP contribution in [0.5, 0.6) is 0 Å². The van der Waals surface area contributed by atoms with Gasteiger partial charge in [-0.1, -0.05) is 384 Å². The summed E-state index contributed by atoms with van der Waals surface area (Å²) < 4.78 is 1.57. The molecule has 0 aliphatic carbocycles. The zero-order chi connectivity index (χ0) is 21.1. The summed E-state index contributed by atoms with van der Waals surface area (Å²) >= 11 is 44.9. The zero-order valence-electron chi connectivity index (χ0n) is 10.4. The van der Waals surface area contributed by atoms with Crippen molar-refractivity contribution in [2.24, 2.45) is 0 Å². The van der Waals surface area contributed by atoms with Gasteiger partial charge in [-0.25, -0.2) is 0 Å². The summed E-state index contributed by atoms with van der Waals surface area (Å²) in [6, 6.07) is 0. The van der Waals surface area contributed by atoms with Crippen molar-refractivity contribution >= 4 is 384 Å².